The van der Waals surface area contributed by atoms with Crippen molar-refractivity contribution in [1.29, 1.82) is 0 Å². The van der Waals surface area contributed by atoms with Gasteiger partial charge < -0.3 is 4.74 Å². The van der Waals surface area contributed by atoms with Crippen LogP contribution in [0.1, 0.15) is 24.8 Å². The maximum absolute atomic E-state index is 12.7. The fourth-order valence-corrected chi connectivity index (χ4v) is 2.16. The second-order valence-corrected chi connectivity index (χ2v) is 4.54. The van der Waals surface area contributed by atoms with Gasteiger partial charge in [-0.25, -0.2) is 0 Å². The summed E-state index contributed by atoms with van der Waals surface area (Å²) in [4.78, 5) is 12.7. The first-order valence-corrected chi connectivity index (χ1v) is 6.76. The molecule has 0 saturated heterocycles. The van der Waals surface area contributed by atoms with Crippen LogP contribution < -0.4 is 0 Å². The topological polar surface area (TPSA) is 26.3 Å². The molecule has 0 aliphatic heterocycles. The number of allylic oxidation sites excluding steroid dienone is 1. The zero-order chi connectivity index (χ0) is 14.8. The number of carbonyl (C=O) groups is 1. The van der Waals surface area contributed by atoms with Gasteiger partial charge in [-0.2, -0.15) is 0 Å². The number of benzene rings is 1. The van der Waals surface area contributed by atoms with Crippen molar-refractivity contribution < 1.29 is 9.53 Å². The van der Waals surface area contributed by atoms with Crippen LogP contribution in [-0.2, 0) is 15.1 Å². The van der Waals surface area contributed by atoms with Crippen molar-refractivity contribution in [1.82, 2.24) is 0 Å². The molecule has 0 fully saturated rings. The summed E-state index contributed by atoms with van der Waals surface area (Å²) in [7, 11) is 0. The largest absolute Gasteiger partial charge is 0.358 e. The van der Waals surface area contributed by atoms with E-state index in [0.29, 0.717) is 25.9 Å². The van der Waals surface area contributed by atoms with Crippen LogP contribution in [0.2, 0.25) is 0 Å². The average molecular weight is 270 g/mol. The Kier molecular flexibility index (Phi) is 6.68. The van der Waals surface area contributed by atoms with Crippen LogP contribution in [0.15, 0.2) is 68.3 Å². The number of rotatable bonds is 10. The van der Waals surface area contributed by atoms with E-state index < -0.39 is 5.60 Å². The molecule has 20 heavy (non-hydrogen) atoms. The van der Waals surface area contributed by atoms with Crippen LogP contribution >= 0.6 is 0 Å². The highest BCUT2D eigenvalue weighted by Crippen LogP contribution is 2.33. The number of Topliss-reactive ketones (excluding diaryl/α,β-unsaturated/α-hetero) is 1. The Morgan fingerprint density at radius 2 is 1.80 bits per heavy atom. The van der Waals surface area contributed by atoms with Gasteiger partial charge in [0.15, 0.2) is 11.4 Å². The Morgan fingerprint density at radius 3 is 2.35 bits per heavy atom. The van der Waals surface area contributed by atoms with E-state index in [2.05, 4.69) is 19.7 Å². The van der Waals surface area contributed by atoms with Crippen molar-refractivity contribution >= 4 is 5.78 Å². The Labute approximate surface area is 121 Å². The van der Waals surface area contributed by atoms with Gasteiger partial charge in [-0.05, 0) is 12.0 Å². The third-order valence-electron chi connectivity index (χ3n) is 3.15. The first-order chi connectivity index (χ1) is 9.71. The van der Waals surface area contributed by atoms with Gasteiger partial charge >= 0.3 is 0 Å². The van der Waals surface area contributed by atoms with Crippen LogP contribution in [0, 0.1) is 0 Å². The predicted molar refractivity (Wildman–Crippen MR) is 83.5 cm³/mol. The van der Waals surface area contributed by atoms with Gasteiger partial charge in [0.25, 0.3) is 0 Å². The van der Waals surface area contributed by atoms with Crippen LogP contribution in [0.3, 0.4) is 0 Å². The summed E-state index contributed by atoms with van der Waals surface area (Å²) in [5, 5.41) is 0. The van der Waals surface area contributed by atoms with Crippen LogP contribution in [0.25, 0.3) is 0 Å². The third-order valence-corrected chi connectivity index (χ3v) is 3.15. The fourth-order valence-electron chi connectivity index (χ4n) is 2.16. The van der Waals surface area contributed by atoms with Crippen LogP contribution in [0.4, 0.5) is 0 Å². The van der Waals surface area contributed by atoms with E-state index in [9.17, 15) is 4.79 Å². The lowest BCUT2D eigenvalue weighted by Crippen LogP contribution is -2.38. The maximum Gasteiger partial charge on any atom is 0.169 e. The van der Waals surface area contributed by atoms with Crippen LogP contribution in [0.5, 0.6) is 0 Å². The SMILES string of the molecule is C=CCCC(=O)[C@@](CC=C)(OCC=C)c1ccccc1. The number of hydrogen-bond acceptors (Lipinski definition) is 2. The number of hydrogen-bond donors (Lipinski definition) is 0. The Morgan fingerprint density at radius 1 is 1.10 bits per heavy atom. The Hall–Kier alpha value is -1.93. The maximum atomic E-state index is 12.7. The molecule has 0 bridgehead atoms. The van der Waals surface area contributed by atoms with E-state index in [0.717, 1.165) is 5.56 Å². The first kappa shape index (κ1) is 16.1. The quantitative estimate of drug-likeness (QED) is 0.596. The molecule has 0 N–H and O–H groups in total. The lowest BCUT2D eigenvalue weighted by atomic mass is 9.84. The van der Waals surface area contributed by atoms with Crippen molar-refractivity contribution in [2.24, 2.45) is 0 Å². The molecule has 1 aromatic rings. The fraction of sp³-hybridized carbons (Fsp3) is 0.278. The van der Waals surface area contributed by atoms with E-state index in [1.807, 2.05) is 30.3 Å². The minimum absolute atomic E-state index is 0.0466. The molecule has 2 nitrogen and oxygen atoms in total. The Bertz CT molecular complexity index is 462. The molecule has 0 radical (unpaired) electrons. The van der Waals surface area contributed by atoms with Gasteiger partial charge in [-0.15, -0.1) is 19.7 Å². The lowest BCUT2D eigenvalue weighted by Gasteiger charge is -2.32. The van der Waals surface area contributed by atoms with Crippen LogP contribution in [-0.4, -0.2) is 12.4 Å². The number of ketones is 1. The van der Waals surface area contributed by atoms with Gasteiger partial charge in [-0.3, -0.25) is 4.79 Å². The summed E-state index contributed by atoms with van der Waals surface area (Å²) in [5.74, 6) is 0.0466. The van der Waals surface area contributed by atoms with E-state index in [-0.39, 0.29) is 5.78 Å². The van der Waals surface area contributed by atoms with E-state index in [1.54, 1.807) is 18.2 Å². The lowest BCUT2D eigenvalue weighted by molar-refractivity contribution is -0.144. The minimum atomic E-state index is -0.972. The van der Waals surface area contributed by atoms with E-state index in [4.69, 9.17) is 4.74 Å². The van der Waals surface area contributed by atoms with Gasteiger partial charge in [0, 0.05) is 12.8 Å². The third kappa shape index (κ3) is 3.78. The van der Waals surface area contributed by atoms with Crippen molar-refractivity contribution in [2.75, 3.05) is 6.61 Å². The van der Waals surface area contributed by atoms with E-state index >= 15 is 0 Å². The van der Waals surface area contributed by atoms with Gasteiger partial charge in [0.1, 0.15) is 0 Å². The molecule has 0 unspecified atom stereocenters. The molecule has 106 valence electrons. The molecule has 0 heterocycles. The highest BCUT2D eigenvalue weighted by atomic mass is 16.5. The average Bonchev–Trinajstić information content (AvgIpc) is 2.50. The van der Waals surface area contributed by atoms with Crippen molar-refractivity contribution in [2.45, 2.75) is 24.9 Å². The Balaban J connectivity index is 3.18. The summed E-state index contributed by atoms with van der Waals surface area (Å²) in [6.45, 7) is 11.4. The molecule has 0 aliphatic carbocycles. The molecular weight excluding hydrogens is 248 g/mol. The molecule has 1 rings (SSSR count). The normalized spacial score (nSPS) is 13.2. The molecule has 1 aromatic carbocycles. The smallest absolute Gasteiger partial charge is 0.169 e. The zero-order valence-electron chi connectivity index (χ0n) is 11.9. The van der Waals surface area contributed by atoms with Gasteiger partial charge in [0.05, 0.1) is 6.61 Å². The molecule has 0 aliphatic rings. The standard InChI is InChI=1S/C18H22O2/c1-4-7-13-17(19)18(14-5-2,20-15-6-3)16-11-9-8-10-12-16/h4-6,8-12H,1-3,7,13-15H2/t18-/m0/s1. The summed E-state index contributed by atoms with van der Waals surface area (Å²) in [6, 6.07) is 9.57. The van der Waals surface area contributed by atoms with E-state index in [1.165, 1.54) is 0 Å². The second-order valence-electron chi connectivity index (χ2n) is 4.54. The number of carbonyl (C=O) groups excluding carboxylic acids is 1. The highest BCUT2D eigenvalue weighted by molar-refractivity contribution is 5.89. The summed E-state index contributed by atoms with van der Waals surface area (Å²) in [5.41, 5.74) is -0.115. The molecule has 0 saturated carbocycles. The summed E-state index contributed by atoms with van der Waals surface area (Å²) >= 11 is 0. The van der Waals surface area contributed by atoms with Gasteiger partial charge in [0.2, 0.25) is 0 Å². The van der Waals surface area contributed by atoms with Gasteiger partial charge in [-0.1, -0.05) is 48.6 Å². The molecule has 0 spiro atoms. The molecule has 2 heteroatoms. The zero-order valence-corrected chi connectivity index (χ0v) is 11.9. The highest BCUT2D eigenvalue weighted by Gasteiger charge is 2.38. The monoisotopic (exact) mass is 270 g/mol. The molecule has 0 aromatic heterocycles. The summed E-state index contributed by atoms with van der Waals surface area (Å²) < 4.78 is 5.89. The second kappa shape index (κ2) is 8.28. The van der Waals surface area contributed by atoms with Crippen molar-refractivity contribution in [3.8, 4) is 0 Å². The summed E-state index contributed by atoms with van der Waals surface area (Å²) in [6.07, 6.45) is 6.62. The predicted octanol–water partition coefficient (Wildman–Crippen LogP) is 4.20. The van der Waals surface area contributed by atoms with Crippen molar-refractivity contribution in [3.63, 3.8) is 0 Å². The molecular formula is C18H22O2. The number of ether oxygens (including phenoxy) is 1. The molecule has 1 atom stereocenters. The molecule has 0 amide bonds. The minimum Gasteiger partial charge on any atom is -0.358 e. The van der Waals surface area contributed by atoms with Crippen molar-refractivity contribution in [3.05, 3.63) is 73.9 Å². The first-order valence-electron chi connectivity index (χ1n) is 6.76.